The SMILES string of the molecule is CCOC(=O)CNC(=O)OC1(c2ccc(OC)c(OC)c2)OC(=O)C(c2ccc3nsnc3c2)=C1Cc1cc(OC)c(OC(C)C)c(OC(C)C)c1. The molecule has 0 spiro atoms. The number of carbonyl (C=O) groups is 3. The van der Waals surface area contributed by atoms with Crippen molar-refractivity contribution in [2.24, 2.45) is 0 Å². The van der Waals surface area contributed by atoms with Gasteiger partial charge in [-0.15, -0.1) is 0 Å². The summed E-state index contributed by atoms with van der Waals surface area (Å²) in [5, 5.41) is 2.41. The monoisotopic (exact) mass is 735 g/mol. The fourth-order valence-corrected chi connectivity index (χ4v) is 6.20. The molecule has 0 radical (unpaired) electrons. The van der Waals surface area contributed by atoms with Crippen LogP contribution >= 0.6 is 11.7 Å². The molecule has 1 N–H and O–H groups in total. The van der Waals surface area contributed by atoms with Gasteiger partial charge in [-0.05, 0) is 88.2 Å². The van der Waals surface area contributed by atoms with Crippen LogP contribution in [0.1, 0.15) is 51.3 Å². The van der Waals surface area contributed by atoms with E-state index >= 15 is 0 Å². The number of benzene rings is 3. The minimum absolute atomic E-state index is 0.0271. The Morgan fingerprint density at radius 2 is 1.54 bits per heavy atom. The summed E-state index contributed by atoms with van der Waals surface area (Å²) in [5.41, 5.74) is 2.84. The third kappa shape index (κ3) is 7.99. The van der Waals surface area contributed by atoms with Crippen LogP contribution in [0.5, 0.6) is 28.7 Å². The topological polar surface area (TPSA) is 163 Å². The summed E-state index contributed by atoms with van der Waals surface area (Å²) in [5.74, 6) is -1.79. The second-order valence-corrected chi connectivity index (χ2v) is 12.6. The average Bonchev–Trinajstić information content (AvgIpc) is 3.69. The number of cyclic esters (lactones) is 1. The second-order valence-electron chi connectivity index (χ2n) is 12.1. The van der Waals surface area contributed by atoms with Crippen molar-refractivity contribution >= 4 is 46.4 Å². The average molecular weight is 736 g/mol. The number of methoxy groups -OCH3 is 3. The van der Waals surface area contributed by atoms with Crippen molar-refractivity contribution in [3.8, 4) is 28.7 Å². The van der Waals surface area contributed by atoms with Gasteiger partial charge in [-0.2, -0.15) is 8.75 Å². The van der Waals surface area contributed by atoms with Gasteiger partial charge in [0, 0.05) is 17.6 Å². The summed E-state index contributed by atoms with van der Waals surface area (Å²) in [6, 6.07) is 13.5. The van der Waals surface area contributed by atoms with E-state index in [2.05, 4.69) is 14.1 Å². The largest absolute Gasteiger partial charge is 0.493 e. The molecule has 0 saturated carbocycles. The molecule has 1 aromatic heterocycles. The Labute approximate surface area is 305 Å². The van der Waals surface area contributed by atoms with E-state index < -0.39 is 30.4 Å². The highest BCUT2D eigenvalue weighted by Crippen LogP contribution is 2.50. The lowest BCUT2D eigenvalue weighted by Crippen LogP contribution is -2.41. The Kier molecular flexibility index (Phi) is 11.7. The molecule has 15 heteroatoms. The van der Waals surface area contributed by atoms with Crippen LogP contribution < -0.4 is 29.0 Å². The second kappa shape index (κ2) is 16.2. The fraction of sp³-hybridized carbons (Fsp3) is 0.378. The van der Waals surface area contributed by atoms with E-state index in [1.807, 2.05) is 27.7 Å². The Morgan fingerprint density at radius 3 is 2.21 bits per heavy atom. The summed E-state index contributed by atoms with van der Waals surface area (Å²) in [7, 11) is 4.44. The van der Waals surface area contributed by atoms with Gasteiger partial charge in [-0.1, -0.05) is 6.07 Å². The minimum atomic E-state index is -2.18. The molecular weight excluding hydrogens is 694 g/mol. The first-order valence-corrected chi connectivity index (χ1v) is 17.2. The summed E-state index contributed by atoms with van der Waals surface area (Å²) in [6.07, 6.45) is -1.51. The molecule has 1 atom stereocenters. The van der Waals surface area contributed by atoms with Crippen molar-refractivity contribution in [3.05, 3.63) is 70.8 Å². The quantitative estimate of drug-likeness (QED) is 0.142. The third-order valence-corrected chi connectivity index (χ3v) is 8.32. The van der Waals surface area contributed by atoms with E-state index in [0.717, 1.165) is 11.7 Å². The van der Waals surface area contributed by atoms with E-state index in [4.69, 9.17) is 37.9 Å². The zero-order chi connectivity index (χ0) is 37.6. The van der Waals surface area contributed by atoms with Gasteiger partial charge in [-0.25, -0.2) is 9.59 Å². The Balaban J connectivity index is 1.77. The van der Waals surface area contributed by atoms with Crippen LogP contribution in [0.3, 0.4) is 0 Å². The molecule has 0 aliphatic carbocycles. The number of nitrogens with zero attached hydrogens (tertiary/aromatic N) is 2. The number of rotatable bonds is 15. The predicted octanol–water partition coefficient (Wildman–Crippen LogP) is 5.99. The van der Waals surface area contributed by atoms with Crippen molar-refractivity contribution < 1.29 is 52.3 Å². The summed E-state index contributed by atoms with van der Waals surface area (Å²) < 4.78 is 55.1. The standard InChI is InChI=1S/C37H41N3O11S/c1-9-47-32(41)19-38-36(43)51-37(24-11-13-28(44-6)29(18-24)45-7)25(33(35(42)50-37)23-10-12-26-27(17-23)40-52-39-26)14-22-15-30(46-8)34(49-21(4)5)31(16-22)48-20(2)3/h10-13,15-18,20-21H,9,14,19H2,1-8H3,(H,38,43). The van der Waals surface area contributed by atoms with Gasteiger partial charge in [0.25, 0.3) is 0 Å². The van der Waals surface area contributed by atoms with Crippen molar-refractivity contribution in [2.75, 3.05) is 34.5 Å². The number of nitrogens with one attached hydrogen (secondary N) is 1. The number of aromatic nitrogens is 2. The van der Waals surface area contributed by atoms with Crippen LogP contribution in [0.2, 0.25) is 0 Å². The van der Waals surface area contributed by atoms with Crippen LogP contribution in [0.15, 0.2) is 54.1 Å². The van der Waals surface area contributed by atoms with E-state index in [9.17, 15) is 14.4 Å². The minimum Gasteiger partial charge on any atom is -0.493 e. The molecule has 1 amide bonds. The number of esters is 2. The molecular formula is C37H41N3O11S. The highest BCUT2D eigenvalue weighted by molar-refractivity contribution is 7.00. The zero-order valence-corrected chi connectivity index (χ0v) is 31.0. The molecule has 0 fully saturated rings. The van der Waals surface area contributed by atoms with Gasteiger partial charge in [0.15, 0.2) is 23.0 Å². The molecule has 0 bridgehead atoms. The van der Waals surface area contributed by atoms with E-state index in [1.54, 1.807) is 55.5 Å². The lowest BCUT2D eigenvalue weighted by molar-refractivity contribution is -0.185. The van der Waals surface area contributed by atoms with Gasteiger partial charge in [-0.3, -0.25) is 4.79 Å². The first-order valence-electron chi connectivity index (χ1n) is 16.5. The van der Waals surface area contributed by atoms with Crippen molar-refractivity contribution in [2.45, 2.75) is 59.0 Å². The molecule has 3 aromatic carbocycles. The maximum atomic E-state index is 14.2. The van der Waals surface area contributed by atoms with Crippen molar-refractivity contribution in [1.82, 2.24) is 14.1 Å². The molecule has 14 nitrogen and oxygen atoms in total. The zero-order valence-electron chi connectivity index (χ0n) is 30.2. The van der Waals surface area contributed by atoms with Gasteiger partial charge in [0.1, 0.15) is 17.6 Å². The first-order chi connectivity index (χ1) is 24.9. The van der Waals surface area contributed by atoms with Gasteiger partial charge < -0.3 is 43.2 Å². The molecule has 2 heterocycles. The van der Waals surface area contributed by atoms with E-state index in [-0.39, 0.29) is 47.7 Å². The predicted molar refractivity (Wildman–Crippen MR) is 191 cm³/mol. The van der Waals surface area contributed by atoms with Gasteiger partial charge in [0.05, 0.1) is 57.4 Å². The van der Waals surface area contributed by atoms with E-state index in [1.165, 1.54) is 21.3 Å². The molecule has 0 saturated heterocycles. The van der Waals surface area contributed by atoms with Crippen LogP contribution in [-0.2, 0) is 36.0 Å². The number of ether oxygens (including phenoxy) is 8. The maximum absolute atomic E-state index is 14.2. The number of fused-ring (bicyclic) bond motifs is 1. The number of hydrogen-bond acceptors (Lipinski definition) is 14. The van der Waals surface area contributed by atoms with E-state index in [0.29, 0.717) is 45.2 Å². The summed E-state index contributed by atoms with van der Waals surface area (Å²) in [4.78, 5) is 40.0. The summed E-state index contributed by atoms with van der Waals surface area (Å²) >= 11 is 1.03. The summed E-state index contributed by atoms with van der Waals surface area (Å²) in [6.45, 7) is 8.82. The number of alkyl carbamates (subject to hydrolysis) is 1. The molecule has 1 aliphatic heterocycles. The van der Waals surface area contributed by atoms with Gasteiger partial charge >= 0.3 is 23.8 Å². The molecule has 5 rings (SSSR count). The van der Waals surface area contributed by atoms with Gasteiger partial charge in [0.2, 0.25) is 5.75 Å². The lowest BCUT2D eigenvalue weighted by Gasteiger charge is -2.31. The number of hydrogen-bond donors (Lipinski definition) is 1. The Hall–Kier alpha value is -5.57. The van der Waals surface area contributed by atoms with Crippen LogP contribution in [-0.4, -0.2) is 73.5 Å². The molecule has 52 heavy (non-hydrogen) atoms. The number of carbonyl (C=O) groups excluding carboxylic acids is 3. The highest BCUT2D eigenvalue weighted by Gasteiger charge is 2.53. The lowest BCUT2D eigenvalue weighted by atomic mass is 9.87. The molecule has 1 unspecified atom stereocenters. The van der Waals surface area contributed by atoms with Crippen molar-refractivity contribution in [1.29, 1.82) is 0 Å². The van der Waals surface area contributed by atoms with Crippen molar-refractivity contribution in [3.63, 3.8) is 0 Å². The Morgan fingerprint density at radius 1 is 0.846 bits per heavy atom. The molecule has 1 aliphatic rings. The molecule has 276 valence electrons. The third-order valence-electron chi connectivity index (χ3n) is 7.76. The highest BCUT2D eigenvalue weighted by atomic mass is 32.1. The smallest absolute Gasteiger partial charge is 0.411 e. The number of amides is 1. The fourth-order valence-electron chi connectivity index (χ4n) is 5.69. The van der Waals surface area contributed by atoms with Crippen LogP contribution in [0.4, 0.5) is 4.79 Å². The molecule has 4 aromatic rings. The normalized spacial score (nSPS) is 15.5. The maximum Gasteiger partial charge on any atom is 0.411 e. The first kappa shape index (κ1) is 37.7. The van der Waals surface area contributed by atoms with Crippen LogP contribution in [0.25, 0.3) is 16.6 Å². The Bertz CT molecular complexity index is 1990. The van der Waals surface area contributed by atoms with Crippen LogP contribution in [0, 0.1) is 0 Å².